The fraction of sp³-hybridized carbons (Fsp3) is 0.238. The van der Waals surface area contributed by atoms with Gasteiger partial charge in [-0.1, -0.05) is 18.2 Å². The first kappa shape index (κ1) is 17.1. The highest BCUT2D eigenvalue weighted by Gasteiger charge is 2.13. The highest BCUT2D eigenvalue weighted by molar-refractivity contribution is 5.93. The topological polar surface area (TPSA) is 72.2 Å². The maximum Gasteiger partial charge on any atom is 0.224 e. The third-order valence-corrected chi connectivity index (χ3v) is 4.76. The van der Waals surface area contributed by atoms with Crippen LogP contribution in [0.2, 0.25) is 0 Å². The molecular weight excluding hydrogens is 338 g/mol. The molecule has 0 aliphatic heterocycles. The summed E-state index contributed by atoms with van der Waals surface area (Å²) in [6, 6.07) is 11.7. The van der Waals surface area contributed by atoms with Crippen LogP contribution in [-0.2, 0) is 11.2 Å². The third kappa shape index (κ3) is 3.38. The highest BCUT2D eigenvalue weighted by Crippen LogP contribution is 2.19. The number of benzene rings is 1. The Balaban J connectivity index is 1.49. The van der Waals surface area contributed by atoms with E-state index in [-0.39, 0.29) is 5.91 Å². The number of fused-ring (bicyclic) bond motifs is 2. The van der Waals surface area contributed by atoms with Gasteiger partial charge >= 0.3 is 0 Å². The molecule has 3 heterocycles. The van der Waals surface area contributed by atoms with Crippen molar-refractivity contribution in [2.75, 3.05) is 5.32 Å². The van der Waals surface area contributed by atoms with Gasteiger partial charge in [0.1, 0.15) is 0 Å². The van der Waals surface area contributed by atoms with Crippen LogP contribution in [0.25, 0.3) is 16.6 Å². The number of carbonyl (C=O) groups is 1. The average Bonchev–Trinajstić information content (AvgIpc) is 3.02. The molecule has 6 nitrogen and oxygen atoms in total. The van der Waals surface area contributed by atoms with Gasteiger partial charge in [0.2, 0.25) is 5.91 Å². The molecule has 0 radical (unpaired) electrons. The lowest BCUT2D eigenvalue weighted by Crippen LogP contribution is -2.14. The second-order valence-corrected chi connectivity index (χ2v) is 6.78. The number of rotatable bonds is 4. The van der Waals surface area contributed by atoms with E-state index in [9.17, 15) is 4.79 Å². The van der Waals surface area contributed by atoms with Gasteiger partial charge < -0.3 is 5.32 Å². The van der Waals surface area contributed by atoms with Gasteiger partial charge in [-0.05, 0) is 44.9 Å². The fourth-order valence-electron chi connectivity index (χ4n) is 3.40. The second kappa shape index (κ2) is 6.79. The molecule has 6 heteroatoms. The van der Waals surface area contributed by atoms with E-state index >= 15 is 0 Å². The van der Waals surface area contributed by atoms with Crippen LogP contribution >= 0.6 is 0 Å². The molecule has 0 spiro atoms. The third-order valence-electron chi connectivity index (χ3n) is 4.76. The maximum absolute atomic E-state index is 12.4. The number of carbonyl (C=O) groups excluding carboxylic acids is 1. The van der Waals surface area contributed by atoms with Crippen LogP contribution in [0.5, 0.6) is 0 Å². The second-order valence-electron chi connectivity index (χ2n) is 6.78. The predicted octanol–water partition coefficient (Wildman–Crippen LogP) is 3.77. The van der Waals surface area contributed by atoms with Crippen LogP contribution in [0, 0.1) is 20.8 Å². The lowest BCUT2D eigenvalue weighted by Gasteiger charge is -2.11. The zero-order chi connectivity index (χ0) is 19.0. The van der Waals surface area contributed by atoms with Gasteiger partial charge in [-0.3, -0.25) is 9.78 Å². The summed E-state index contributed by atoms with van der Waals surface area (Å²) in [5, 5.41) is 8.43. The first-order valence-electron chi connectivity index (χ1n) is 8.98. The molecule has 1 amide bonds. The molecule has 0 aliphatic rings. The van der Waals surface area contributed by atoms with E-state index in [1.54, 1.807) is 6.20 Å². The average molecular weight is 359 g/mol. The minimum Gasteiger partial charge on any atom is -0.325 e. The molecule has 0 bridgehead atoms. The summed E-state index contributed by atoms with van der Waals surface area (Å²) in [5.74, 6) is -0.0392. The molecule has 136 valence electrons. The van der Waals surface area contributed by atoms with Gasteiger partial charge in [0.15, 0.2) is 5.65 Å². The number of hydrogen-bond acceptors (Lipinski definition) is 4. The van der Waals surface area contributed by atoms with E-state index in [1.807, 2.05) is 61.7 Å². The Morgan fingerprint density at radius 1 is 1.15 bits per heavy atom. The van der Waals surface area contributed by atoms with Crippen molar-refractivity contribution in [3.05, 3.63) is 65.2 Å². The number of para-hydroxylation sites is 1. The monoisotopic (exact) mass is 359 g/mol. The molecule has 0 aliphatic carbocycles. The van der Waals surface area contributed by atoms with Crippen molar-refractivity contribution in [3.8, 4) is 0 Å². The fourth-order valence-corrected chi connectivity index (χ4v) is 3.40. The van der Waals surface area contributed by atoms with Gasteiger partial charge in [-0.25, -0.2) is 9.50 Å². The van der Waals surface area contributed by atoms with Crippen molar-refractivity contribution in [1.29, 1.82) is 0 Å². The van der Waals surface area contributed by atoms with Crippen molar-refractivity contribution in [2.45, 2.75) is 33.6 Å². The normalized spacial score (nSPS) is 11.2. The van der Waals surface area contributed by atoms with E-state index < -0.39 is 0 Å². The number of nitrogens with zero attached hydrogens (tertiary/aromatic N) is 4. The van der Waals surface area contributed by atoms with Crippen molar-refractivity contribution < 1.29 is 4.79 Å². The smallest absolute Gasteiger partial charge is 0.224 e. The minimum absolute atomic E-state index is 0.0392. The van der Waals surface area contributed by atoms with Gasteiger partial charge in [-0.15, -0.1) is 0 Å². The van der Waals surface area contributed by atoms with Crippen LogP contribution in [0.4, 0.5) is 5.69 Å². The zero-order valence-corrected chi connectivity index (χ0v) is 15.7. The summed E-state index contributed by atoms with van der Waals surface area (Å²) in [6.07, 6.45) is 2.69. The van der Waals surface area contributed by atoms with Crippen molar-refractivity contribution in [3.63, 3.8) is 0 Å². The van der Waals surface area contributed by atoms with E-state index in [4.69, 9.17) is 0 Å². The molecule has 27 heavy (non-hydrogen) atoms. The molecule has 0 unspecified atom stereocenters. The lowest BCUT2D eigenvalue weighted by atomic mass is 10.1. The van der Waals surface area contributed by atoms with Crippen LogP contribution in [0.3, 0.4) is 0 Å². The molecule has 4 aromatic rings. The lowest BCUT2D eigenvalue weighted by molar-refractivity contribution is -0.116. The van der Waals surface area contributed by atoms with Crippen molar-refractivity contribution in [1.82, 2.24) is 19.6 Å². The van der Waals surface area contributed by atoms with E-state index in [2.05, 4.69) is 20.4 Å². The summed E-state index contributed by atoms with van der Waals surface area (Å²) in [4.78, 5) is 21.4. The van der Waals surface area contributed by atoms with E-state index in [0.717, 1.165) is 39.2 Å². The number of hydrogen-bond donors (Lipinski definition) is 1. The molecule has 0 fully saturated rings. The Kier molecular flexibility index (Phi) is 4.32. The molecule has 0 atom stereocenters. The Morgan fingerprint density at radius 2 is 1.96 bits per heavy atom. The number of amides is 1. The van der Waals surface area contributed by atoms with Crippen LogP contribution < -0.4 is 5.32 Å². The first-order chi connectivity index (χ1) is 13.0. The highest BCUT2D eigenvalue weighted by atomic mass is 16.1. The van der Waals surface area contributed by atoms with Crippen molar-refractivity contribution in [2.24, 2.45) is 0 Å². The summed E-state index contributed by atoms with van der Waals surface area (Å²) in [7, 11) is 0. The Labute approximate surface area is 157 Å². The first-order valence-corrected chi connectivity index (χ1v) is 8.98. The summed E-state index contributed by atoms with van der Waals surface area (Å²) < 4.78 is 1.85. The summed E-state index contributed by atoms with van der Waals surface area (Å²) in [6.45, 7) is 5.96. The number of anilines is 1. The van der Waals surface area contributed by atoms with Crippen LogP contribution in [0.15, 0.2) is 42.6 Å². The Morgan fingerprint density at radius 3 is 2.81 bits per heavy atom. The Hall–Kier alpha value is -3.28. The number of nitrogens with one attached hydrogen (secondary N) is 1. The minimum atomic E-state index is -0.0392. The summed E-state index contributed by atoms with van der Waals surface area (Å²) >= 11 is 0. The summed E-state index contributed by atoms with van der Waals surface area (Å²) in [5.41, 5.74) is 6.45. The van der Waals surface area contributed by atoms with Crippen molar-refractivity contribution >= 4 is 28.1 Å². The zero-order valence-electron chi connectivity index (χ0n) is 15.7. The van der Waals surface area contributed by atoms with E-state index in [0.29, 0.717) is 18.5 Å². The molecule has 3 aromatic heterocycles. The molecule has 4 rings (SSSR count). The molecular formula is C21H21N5O. The molecule has 0 saturated heterocycles. The van der Waals surface area contributed by atoms with Gasteiger partial charge in [0, 0.05) is 29.3 Å². The Bertz CT molecular complexity index is 1160. The molecule has 1 aromatic carbocycles. The SMILES string of the molecule is Cc1cc2nc(C)c(CCC(=O)Nc3cnc4ccccc4c3)c(C)n2n1. The van der Waals surface area contributed by atoms with Crippen LogP contribution in [0.1, 0.15) is 29.1 Å². The number of aryl methyl sites for hydroxylation is 3. The standard InChI is InChI=1S/C21H21N5O/c1-13-10-20-23-14(2)18(15(3)26(20)25-13)8-9-21(27)24-17-11-16-6-4-5-7-19(16)22-12-17/h4-7,10-12H,8-9H2,1-3H3,(H,24,27). The van der Waals surface area contributed by atoms with Gasteiger partial charge in [0.25, 0.3) is 0 Å². The maximum atomic E-state index is 12.4. The quantitative estimate of drug-likeness (QED) is 0.602. The molecule has 0 saturated carbocycles. The molecule has 1 N–H and O–H groups in total. The van der Waals surface area contributed by atoms with Gasteiger partial charge in [-0.2, -0.15) is 5.10 Å². The largest absolute Gasteiger partial charge is 0.325 e. The number of aromatic nitrogens is 4. The van der Waals surface area contributed by atoms with Crippen LogP contribution in [-0.4, -0.2) is 25.5 Å². The predicted molar refractivity (Wildman–Crippen MR) is 106 cm³/mol. The van der Waals surface area contributed by atoms with E-state index in [1.165, 1.54) is 0 Å². The van der Waals surface area contributed by atoms with Gasteiger partial charge in [0.05, 0.1) is 23.1 Å². The number of pyridine rings is 1.